The van der Waals surface area contributed by atoms with Crippen molar-refractivity contribution in [3.05, 3.63) is 94.2 Å². The molecule has 5 rings (SSSR count). The minimum atomic E-state index is -3.94. The Kier molecular flexibility index (Phi) is 7.42. The second-order valence-electron chi connectivity index (χ2n) is 9.46. The first-order chi connectivity index (χ1) is 18.2. The van der Waals surface area contributed by atoms with Gasteiger partial charge in [-0.1, -0.05) is 19.1 Å². The van der Waals surface area contributed by atoms with Crippen LogP contribution in [0.15, 0.2) is 71.3 Å². The lowest BCUT2D eigenvalue weighted by Gasteiger charge is -2.25. The lowest BCUT2D eigenvalue weighted by Crippen LogP contribution is -2.32. The molecule has 0 aliphatic heterocycles. The van der Waals surface area contributed by atoms with Crippen LogP contribution in [-0.4, -0.2) is 28.9 Å². The molecule has 4 aromatic rings. The van der Waals surface area contributed by atoms with Crippen molar-refractivity contribution in [2.45, 2.75) is 49.6 Å². The molecule has 1 N–H and O–H groups in total. The second-order valence-corrected chi connectivity index (χ2v) is 12.1. The number of fused-ring (bicyclic) bond motifs is 1. The third kappa shape index (κ3) is 5.54. The predicted octanol–water partition coefficient (Wildman–Crippen LogP) is 4.71. The molecule has 0 spiro atoms. The van der Waals surface area contributed by atoms with Crippen LogP contribution >= 0.6 is 11.3 Å². The van der Waals surface area contributed by atoms with E-state index in [0.717, 1.165) is 28.0 Å². The van der Waals surface area contributed by atoms with Gasteiger partial charge < -0.3 is 9.47 Å². The Labute approximate surface area is 225 Å². The number of sulfonamides is 1. The van der Waals surface area contributed by atoms with Gasteiger partial charge in [0.25, 0.3) is 0 Å². The summed E-state index contributed by atoms with van der Waals surface area (Å²) in [6.45, 7) is 2.25. The molecular formula is C27H28FN5O3S2. The van der Waals surface area contributed by atoms with Crippen LogP contribution in [0.4, 0.5) is 10.1 Å². The maximum absolute atomic E-state index is 13.7. The molecule has 198 valence electrons. The Balaban J connectivity index is 1.44. The van der Waals surface area contributed by atoms with Gasteiger partial charge in [0.05, 0.1) is 16.4 Å². The van der Waals surface area contributed by atoms with Crippen LogP contribution in [0.5, 0.6) is 0 Å². The Hall–Kier alpha value is -3.41. The van der Waals surface area contributed by atoms with E-state index in [0.29, 0.717) is 18.5 Å². The molecule has 2 aromatic heterocycles. The SMILES string of the molecule is C[C@H](CC(=O)N(Cc1nccn1C)c1ccc2c(c1)[C@@H](NS(=O)(=O)c1cccc(F)c1)CC2)c1nccs1. The number of rotatable bonds is 9. The molecule has 11 heteroatoms. The zero-order valence-corrected chi connectivity index (χ0v) is 22.7. The highest BCUT2D eigenvalue weighted by molar-refractivity contribution is 7.89. The van der Waals surface area contributed by atoms with E-state index in [9.17, 15) is 17.6 Å². The van der Waals surface area contributed by atoms with Crippen LogP contribution < -0.4 is 9.62 Å². The van der Waals surface area contributed by atoms with Gasteiger partial charge >= 0.3 is 0 Å². The Morgan fingerprint density at radius 3 is 2.79 bits per heavy atom. The van der Waals surface area contributed by atoms with Crippen molar-refractivity contribution < 1.29 is 17.6 Å². The average molecular weight is 554 g/mol. The van der Waals surface area contributed by atoms with Gasteiger partial charge in [-0.2, -0.15) is 0 Å². The lowest BCUT2D eigenvalue weighted by atomic mass is 10.0. The fourth-order valence-corrected chi connectivity index (χ4v) is 6.70. The number of benzene rings is 2. The van der Waals surface area contributed by atoms with Crippen LogP contribution in [0.2, 0.25) is 0 Å². The maximum Gasteiger partial charge on any atom is 0.241 e. The number of hydrogen-bond acceptors (Lipinski definition) is 6. The standard InChI is InChI=1S/C27H28FN5O3S2/c1-18(27-30-11-13-37-27)14-26(34)33(17-25-29-10-12-32(25)2)21-8-6-19-7-9-24(23(19)16-21)31-38(35,36)22-5-3-4-20(28)15-22/h3-6,8,10-13,15-16,18,24,31H,7,9,14,17H2,1-2H3/t18-,24+/m1/s1. The van der Waals surface area contributed by atoms with Crippen LogP contribution in [0, 0.1) is 5.82 Å². The molecule has 2 heterocycles. The van der Waals surface area contributed by atoms with E-state index in [1.165, 1.54) is 29.5 Å². The number of carbonyl (C=O) groups is 1. The van der Waals surface area contributed by atoms with Gasteiger partial charge in [0.2, 0.25) is 15.9 Å². The largest absolute Gasteiger partial charge is 0.337 e. The molecule has 8 nitrogen and oxygen atoms in total. The third-order valence-corrected chi connectivity index (χ3v) is 9.27. The normalized spacial score (nSPS) is 15.8. The van der Waals surface area contributed by atoms with E-state index >= 15 is 0 Å². The number of aromatic nitrogens is 3. The van der Waals surface area contributed by atoms with Crippen LogP contribution in [0.25, 0.3) is 0 Å². The fraction of sp³-hybridized carbons (Fsp3) is 0.296. The first-order valence-corrected chi connectivity index (χ1v) is 14.6. The minimum absolute atomic E-state index is 0.0494. The van der Waals surface area contributed by atoms with Crippen molar-refractivity contribution in [1.82, 2.24) is 19.3 Å². The van der Waals surface area contributed by atoms with E-state index in [1.54, 1.807) is 17.3 Å². The topological polar surface area (TPSA) is 97.2 Å². The molecule has 1 aliphatic carbocycles. The number of nitrogens with zero attached hydrogens (tertiary/aromatic N) is 4. The highest BCUT2D eigenvalue weighted by Crippen LogP contribution is 2.36. The second kappa shape index (κ2) is 10.8. The van der Waals surface area contributed by atoms with Crippen molar-refractivity contribution in [1.29, 1.82) is 0 Å². The van der Waals surface area contributed by atoms with Crippen molar-refractivity contribution >= 4 is 33.0 Å². The molecule has 1 aliphatic rings. The number of thiazole rings is 1. The van der Waals surface area contributed by atoms with Crippen molar-refractivity contribution in [2.75, 3.05) is 4.90 Å². The molecule has 1 amide bonds. The summed E-state index contributed by atoms with van der Waals surface area (Å²) in [6, 6.07) is 10.2. The van der Waals surface area contributed by atoms with Crippen LogP contribution in [-0.2, 0) is 34.8 Å². The number of hydrogen-bond donors (Lipinski definition) is 1. The summed E-state index contributed by atoms with van der Waals surface area (Å²) in [5.74, 6) is -0.0151. The Bertz CT molecular complexity index is 1550. The molecule has 0 fully saturated rings. The molecule has 2 aromatic carbocycles. The van der Waals surface area contributed by atoms with Crippen molar-refractivity contribution in [3.8, 4) is 0 Å². The third-order valence-electron chi connectivity index (χ3n) is 6.80. The van der Waals surface area contributed by atoms with Gasteiger partial charge in [-0.15, -0.1) is 11.3 Å². The number of carbonyl (C=O) groups excluding carboxylic acids is 1. The first kappa shape index (κ1) is 26.2. The van der Waals surface area contributed by atoms with Crippen molar-refractivity contribution in [3.63, 3.8) is 0 Å². The Morgan fingerprint density at radius 1 is 1.24 bits per heavy atom. The van der Waals surface area contributed by atoms with Crippen LogP contribution in [0.1, 0.15) is 53.7 Å². The highest BCUT2D eigenvalue weighted by atomic mass is 32.2. The van der Waals surface area contributed by atoms with Gasteiger partial charge in [0.1, 0.15) is 11.6 Å². The van der Waals surface area contributed by atoms with E-state index < -0.39 is 21.9 Å². The summed E-state index contributed by atoms with van der Waals surface area (Å²) in [6.07, 6.45) is 6.79. The zero-order valence-electron chi connectivity index (χ0n) is 21.0. The van der Waals surface area contributed by atoms with Gasteiger partial charge in [-0.3, -0.25) is 4.79 Å². The lowest BCUT2D eigenvalue weighted by molar-refractivity contribution is -0.119. The minimum Gasteiger partial charge on any atom is -0.337 e. The van der Waals surface area contributed by atoms with Gasteiger partial charge in [-0.25, -0.2) is 27.5 Å². The van der Waals surface area contributed by atoms with E-state index in [-0.39, 0.29) is 29.7 Å². The summed E-state index contributed by atoms with van der Waals surface area (Å²) in [7, 11) is -2.06. The monoisotopic (exact) mass is 553 g/mol. The van der Waals surface area contributed by atoms with Gasteiger partial charge in [-0.05, 0) is 54.3 Å². The first-order valence-electron chi connectivity index (χ1n) is 12.3. The summed E-state index contributed by atoms with van der Waals surface area (Å²) >= 11 is 1.52. The maximum atomic E-state index is 13.7. The smallest absolute Gasteiger partial charge is 0.241 e. The predicted molar refractivity (Wildman–Crippen MR) is 144 cm³/mol. The molecule has 0 bridgehead atoms. The van der Waals surface area contributed by atoms with Gasteiger partial charge in [0, 0.05) is 55.1 Å². The molecule has 0 saturated heterocycles. The summed E-state index contributed by atoms with van der Waals surface area (Å²) in [5.41, 5.74) is 2.49. The number of halogens is 1. The molecule has 2 atom stereocenters. The van der Waals surface area contributed by atoms with E-state index in [2.05, 4.69) is 14.7 Å². The molecular weight excluding hydrogens is 525 g/mol. The zero-order chi connectivity index (χ0) is 26.9. The number of amides is 1. The number of aryl methyl sites for hydroxylation is 2. The molecule has 0 saturated carbocycles. The molecule has 38 heavy (non-hydrogen) atoms. The van der Waals surface area contributed by atoms with Gasteiger partial charge in [0.15, 0.2) is 0 Å². The van der Waals surface area contributed by atoms with Crippen molar-refractivity contribution in [2.24, 2.45) is 7.05 Å². The number of nitrogens with one attached hydrogen (secondary N) is 1. The summed E-state index contributed by atoms with van der Waals surface area (Å²) in [5, 5.41) is 2.80. The average Bonchev–Trinajstić information content (AvgIpc) is 3.64. The van der Waals surface area contributed by atoms with E-state index in [4.69, 9.17) is 0 Å². The van der Waals surface area contributed by atoms with E-state index in [1.807, 2.05) is 48.3 Å². The van der Waals surface area contributed by atoms with Crippen LogP contribution in [0.3, 0.4) is 0 Å². The quantitative estimate of drug-likeness (QED) is 0.324. The Morgan fingerprint density at radius 2 is 2.08 bits per heavy atom. The summed E-state index contributed by atoms with van der Waals surface area (Å²) < 4.78 is 44.3. The highest BCUT2D eigenvalue weighted by Gasteiger charge is 2.30. The number of imidazole rings is 1. The number of anilines is 1. The molecule has 0 unspecified atom stereocenters. The molecule has 0 radical (unpaired) electrons. The fourth-order valence-electron chi connectivity index (χ4n) is 4.72. The summed E-state index contributed by atoms with van der Waals surface area (Å²) in [4.78, 5) is 24.0.